The van der Waals surface area contributed by atoms with Crippen LogP contribution in [0.25, 0.3) is 0 Å². The number of carbonyl (C=O) groups is 1. The van der Waals surface area contributed by atoms with Crippen LogP contribution in [0, 0.1) is 5.92 Å². The standard InChI is InChI=1S/C21H20F6N2O3S/c1-19(2,33(31,32)16-5-3-4-13(11-16)20(22,23)24)14-9-15(10-14)29-18(30)12-6-7-28-17(8-12)21(25,26)27/h3-8,11,14-15H,9-10H2,1-2H3,(H,29,30)/t14-,15-. The quantitative estimate of drug-likeness (QED) is 0.602. The van der Waals surface area contributed by atoms with Gasteiger partial charge in [0.25, 0.3) is 5.91 Å². The number of aromatic nitrogens is 1. The zero-order valence-electron chi connectivity index (χ0n) is 17.5. The van der Waals surface area contributed by atoms with Gasteiger partial charge in [-0.1, -0.05) is 6.07 Å². The number of sulfone groups is 1. The number of amides is 1. The Hall–Kier alpha value is -2.63. The van der Waals surface area contributed by atoms with E-state index in [1.165, 1.54) is 13.8 Å². The van der Waals surface area contributed by atoms with E-state index < -0.39 is 61.0 Å². The van der Waals surface area contributed by atoms with Gasteiger partial charge < -0.3 is 5.32 Å². The third-order valence-corrected chi connectivity index (χ3v) is 8.53. The van der Waals surface area contributed by atoms with Crippen LogP contribution >= 0.6 is 0 Å². The molecule has 0 unspecified atom stereocenters. The molecule has 1 aliphatic carbocycles. The molecule has 1 aromatic carbocycles. The lowest BCUT2D eigenvalue weighted by atomic mass is 9.73. The Morgan fingerprint density at radius 3 is 2.21 bits per heavy atom. The molecule has 1 amide bonds. The van der Waals surface area contributed by atoms with Crippen molar-refractivity contribution in [2.45, 2.75) is 54.7 Å². The SMILES string of the molecule is CC(C)([C@H]1C[C@H](NC(=O)c2ccnc(C(F)(F)F)c2)C1)S(=O)(=O)c1cccc(C(F)(F)F)c1. The first-order chi connectivity index (χ1) is 15.0. The number of hydrogen-bond acceptors (Lipinski definition) is 4. The van der Waals surface area contributed by atoms with Crippen molar-refractivity contribution in [2.24, 2.45) is 5.92 Å². The van der Waals surface area contributed by atoms with Gasteiger partial charge in [-0.25, -0.2) is 8.42 Å². The topological polar surface area (TPSA) is 76.1 Å². The second-order valence-corrected chi connectivity index (χ2v) is 10.9. The van der Waals surface area contributed by atoms with E-state index in [1.54, 1.807) is 0 Å². The molecule has 0 bridgehead atoms. The van der Waals surface area contributed by atoms with E-state index >= 15 is 0 Å². The van der Waals surface area contributed by atoms with Crippen LogP contribution in [0.2, 0.25) is 0 Å². The fourth-order valence-corrected chi connectivity index (χ4v) is 5.44. The Labute approximate surface area is 186 Å². The molecule has 0 radical (unpaired) electrons. The maximum atomic E-state index is 13.1. The maximum absolute atomic E-state index is 13.1. The Morgan fingerprint density at radius 1 is 1.00 bits per heavy atom. The molecule has 180 valence electrons. The van der Waals surface area contributed by atoms with Crippen LogP contribution in [-0.4, -0.2) is 30.1 Å². The van der Waals surface area contributed by atoms with Gasteiger partial charge >= 0.3 is 12.4 Å². The van der Waals surface area contributed by atoms with Crippen molar-refractivity contribution in [1.29, 1.82) is 0 Å². The van der Waals surface area contributed by atoms with Crippen LogP contribution in [0.5, 0.6) is 0 Å². The van der Waals surface area contributed by atoms with Crippen LogP contribution < -0.4 is 5.32 Å². The van der Waals surface area contributed by atoms with Gasteiger partial charge in [0.2, 0.25) is 0 Å². The van der Waals surface area contributed by atoms with Crippen molar-refractivity contribution in [1.82, 2.24) is 10.3 Å². The molecular formula is C21H20F6N2O3S. The predicted molar refractivity (Wildman–Crippen MR) is 106 cm³/mol. The summed E-state index contributed by atoms with van der Waals surface area (Å²) >= 11 is 0. The molecule has 0 aliphatic heterocycles. The summed E-state index contributed by atoms with van der Waals surface area (Å²) in [5, 5.41) is 2.56. The smallest absolute Gasteiger partial charge is 0.349 e. The molecule has 1 N–H and O–H groups in total. The number of nitrogens with zero attached hydrogens (tertiary/aromatic N) is 1. The number of benzene rings is 1. The summed E-state index contributed by atoms with van der Waals surface area (Å²) < 4.78 is 102. The van der Waals surface area contributed by atoms with Crippen molar-refractivity contribution in [3.63, 3.8) is 0 Å². The van der Waals surface area contributed by atoms with E-state index in [0.29, 0.717) is 12.1 Å². The number of hydrogen-bond donors (Lipinski definition) is 1. The van der Waals surface area contributed by atoms with Crippen LogP contribution in [0.15, 0.2) is 47.5 Å². The summed E-state index contributed by atoms with van der Waals surface area (Å²) in [4.78, 5) is 15.0. The van der Waals surface area contributed by atoms with Gasteiger partial charge in [-0.15, -0.1) is 0 Å². The fraction of sp³-hybridized carbons (Fsp3) is 0.429. The lowest BCUT2D eigenvalue weighted by Crippen LogP contribution is -2.53. The largest absolute Gasteiger partial charge is 0.433 e. The number of nitrogens with one attached hydrogen (secondary N) is 1. The van der Waals surface area contributed by atoms with Gasteiger partial charge in [0, 0.05) is 17.8 Å². The van der Waals surface area contributed by atoms with Crippen molar-refractivity contribution < 1.29 is 39.6 Å². The highest BCUT2D eigenvalue weighted by molar-refractivity contribution is 7.92. The lowest BCUT2D eigenvalue weighted by Gasteiger charge is -2.45. The van der Waals surface area contributed by atoms with Crippen LogP contribution in [0.4, 0.5) is 26.3 Å². The molecule has 2 aromatic rings. The Balaban J connectivity index is 1.69. The highest BCUT2D eigenvalue weighted by Gasteiger charge is 2.49. The van der Waals surface area contributed by atoms with Crippen LogP contribution in [0.1, 0.15) is 48.3 Å². The second-order valence-electron chi connectivity index (χ2n) is 8.40. The minimum absolute atomic E-state index is 0.203. The molecule has 1 saturated carbocycles. The molecule has 33 heavy (non-hydrogen) atoms. The normalized spacial score (nSPS) is 19.6. The van der Waals surface area contributed by atoms with E-state index in [2.05, 4.69) is 10.3 Å². The fourth-order valence-electron chi connectivity index (χ4n) is 3.66. The third kappa shape index (κ3) is 4.99. The van der Waals surface area contributed by atoms with Crippen molar-refractivity contribution in [3.8, 4) is 0 Å². The number of pyridine rings is 1. The third-order valence-electron chi connectivity index (χ3n) is 5.93. The summed E-state index contributed by atoms with van der Waals surface area (Å²) in [5.74, 6) is -1.24. The molecule has 1 aromatic heterocycles. The first-order valence-electron chi connectivity index (χ1n) is 9.79. The van der Waals surface area contributed by atoms with Gasteiger partial charge in [-0.05, 0) is 62.9 Å². The number of alkyl halides is 6. The summed E-state index contributed by atoms with van der Waals surface area (Å²) in [6.07, 6.45) is -8.13. The summed E-state index contributed by atoms with van der Waals surface area (Å²) in [6.45, 7) is 2.81. The number of carbonyl (C=O) groups excluding carboxylic acids is 1. The number of halogens is 6. The van der Waals surface area contributed by atoms with E-state index in [4.69, 9.17) is 0 Å². The van der Waals surface area contributed by atoms with Crippen molar-refractivity contribution in [3.05, 3.63) is 59.4 Å². The minimum atomic E-state index is -4.71. The van der Waals surface area contributed by atoms with Crippen molar-refractivity contribution >= 4 is 15.7 Å². The molecule has 12 heteroatoms. The zero-order chi connectivity index (χ0) is 24.8. The number of rotatable bonds is 5. The molecule has 0 saturated heterocycles. The average Bonchev–Trinajstić information content (AvgIpc) is 2.68. The van der Waals surface area contributed by atoms with Gasteiger partial charge in [0.15, 0.2) is 9.84 Å². The Bertz CT molecular complexity index is 1150. The molecule has 0 atom stereocenters. The first-order valence-corrected chi connectivity index (χ1v) is 11.3. The molecule has 0 spiro atoms. The molecule has 5 nitrogen and oxygen atoms in total. The molecular weight excluding hydrogens is 474 g/mol. The first kappa shape index (κ1) is 25.0. The average molecular weight is 494 g/mol. The van der Waals surface area contributed by atoms with Gasteiger partial charge in [0.1, 0.15) is 5.69 Å². The second kappa shape index (κ2) is 8.30. The lowest BCUT2D eigenvalue weighted by molar-refractivity contribution is -0.141. The van der Waals surface area contributed by atoms with E-state index in [-0.39, 0.29) is 18.4 Å². The van der Waals surface area contributed by atoms with E-state index in [1.807, 2.05) is 0 Å². The molecule has 1 heterocycles. The molecule has 1 fully saturated rings. The highest BCUT2D eigenvalue weighted by Crippen LogP contribution is 2.44. The maximum Gasteiger partial charge on any atom is 0.433 e. The van der Waals surface area contributed by atoms with E-state index in [9.17, 15) is 39.6 Å². The minimum Gasteiger partial charge on any atom is -0.349 e. The van der Waals surface area contributed by atoms with E-state index in [0.717, 1.165) is 30.5 Å². The van der Waals surface area contributed by atoms with Gasteiger partial charge in [0.05, 0.1) is 15.2 Å². The van der Waals surface area contributed by atoms with Crippen LogP contribution in [-0.2, 0) is 22.2 Å². The van der Waals surface area contributed by atoms with Crippen molar-refractivity contribution in [2.75, 3.05) is 0 Å². The highest BCUT2D eigenvalue weighted by atomic mass is 32.2. The summed E-state index contributed by atoms with van der Waals surface area (Å²) in [5.41, 5.74) is -2.53. The zero-order valence-corrected chi connectivity index (χ0v) is 18.3. The Morgan fingerprint density at radius 2 is 1.64 bits per heavy atom. The summed E-state index contributed by atoms with van der Waals surface area (Å²) in [7, 11) is -4.15. The summed E-state index contributed by atoms with van der Waals surface area (Å²) in [6, 6.07) is 4.77. The monoisotopic (exact) mass is 494 g/mol. The van der Waals surface area contributed by atoms with Crippen LogP contribution in [0.3, 0.4) is 0 Å². The van der Waals surface area contributed by atoms with Gasteiger partial charge in [-0.2, -0.15) is 26.3 Å². The predicted octanol–water partition coefficient (Wildman–Crippen LogP) is 4.88. The molecule has 1 aliphatic rings. The van der Waals surface area contributed by atoms with Gasteiger partial charge in [-0.3, -0.25) is 9.78 Å². The Kier molecular flexibility index (Phi) is 6.29. The molecule has 3 rings (SSSR count).